The molecular weight excluding hydrogens is 182 g/mol. The monoisotopic (exact) mass is 195 g/mol. The Balaban J connectivity index is 2.31. The Labute approximate surface area is 84.1 Å². The summed E-state index contributed by atoms with van der Waals surface area (Å²) < 4.78 is 0. The molecule has 1 aromatic rings. The van der Waals surface area contributed by atoms with Crippen LogP contribution in [0, 0.1) is 0 Å². The van der Waals surface area contributed by atoms with Gasteiger partial charge in [-0.3, -0.25) is 0 Å². The van der Waals surface area contributed by atoms with Gasteiger partial charge in [-0.1, -0.05) is 30.7 Å². The number of benzene rings is 1. The lowest BCUT2D eigenvalue weighted by atomic mass is 9.95. The smallest absolute Gasteiger partial charge is 0.0453 e. The highest BCUT2D eigenvalue weighted by Gasteiger charge is 2.17. The third-order valence-corrected chi connectivity index (χ3v) is 3.10. The van der Waals surface area contributed by atoms with E-state index in [4.69, 9.17) is 11.6 Å². The predicted octanol–water partition coefficient (Wildman–Crippen LogP) is 2.76. The number of rotatable bonds is 1. The van der Waals surface area contributed by atoms with Crippen LogP contribution in [0.25, 0.3) is 0 Å². The van der Waals surface area contributed by atoms with Gasteiger partial charge in [-0.05, 0) is 30.0 Å². The van der Waals surface area contributed by atoms with E-state index >= 15 is 0 Å². The highest BCUT2D eigenvalue weighted by Crippen LogP contribution is 2.24. The SMILES string of the molecule is CCC1Cc2cccc(Cl)c2CN1. The third-order valence-electron chi connectivity index (χ3n) is 2.74. The largest absolute Gasteiger partial charge is 0.310 e. The van der Waals surface area contributed by atoms with E-state index in [9.17, 15) is 0 Å². The first-order chi connectivity index (χ1) is 6.31. The topological polar surface area (TPSA) is 12.0 Å². The molecule has 2 rings (SSSR count). The van der Waals surface area contributed by atoms with Gasteiger partial charge < -0.3 is 5.32 Å². The number of fused-ring (bicyclic) bond motifs is 1. The van der Waals surface area contributed by atoms with Gasteiger partial charge in [0, 0.05) is 17.6 Å². The van der Waals surface area contributed by atoms with Crippen molar-refractivity contribution < 1.29 is 0 Å². The molecule has 0 spiro atoms. The van der Waals surface area contributed by atoms with E-state index in [1.807, 2.05) is 12.1 Å². The summed E-state index contributed by atoms with van der Waals surface area (Å²) in [5.74, 6) is 0. The minimum Gasteiger partial charge on any atom is -0.310 e. The molecule has 0 saturated carbocycles. The van der Waals surface area contributed by atoms with Gasteiger partial charge in [0.15, 0.2) is 0 Å². The van der Waals surface area contributed by atoms with Crippen molar-refractivity contribution in [3.63, 3.8) is 0 Å². The van der Waals surface area contributed by atoms with E-state index in [0.717, 1.165) is 18.0 Å². The molecule has 70 valence electrons. The van der Waals surface area contributed by atoms with Crippen molar-refractivity contribution in [2.45, 2.75) is 32.4 Å². The molecule has 1 aliphatic rings. The van der Waals surface area contributed by atoms with Gasteiger partial charge in [-0.15, -0.1) is 0 Å². The van der Waals surface area contributed by atoms with Crippen LogP contribution in [-0.2, 0) is 13.0 Å². The Hall–Kier alpha value is -0.530. The molecule has 0 amide bonds. The number of hydrogen-bond donors (Lipinski definition) is 1. The third kappa shape index (κ3) is 1.72. The van der Waals surface area contributed by atoms with Crippen LogP contribution in [0.2, 0.25) is 5.02 Å². The van der Waals surface area contributed by atoms with Crippen LogP contribution >= 0.6 is 11.6 Å². The molecule has 1 unspecified atom stereocenters. The Morgan fingerprint density at radius 2 is 2.38 bits per heavy atom. The van der Waals surface area contributed by atoms with Gasteiger partial charge >= 0.3 is 0 Å². The molecule has 0 bridgehead atoms. The molecule has 13 heavy (non-hydrogen) atoms. The molecule has 1 aromatic carbocycles. The molecule has 0 aliphatic carbocycles. The summed E-state index contributed by atoms with van der Waals surface area (Å²) in [6, 6.07) is 6.82. The molecule has 0 aromatic heterocycles. The fourth-order valence-electron chi connectivity index (χ4n) is 1.87. The minimum atomic E-state index is 0.631. The lowest BCUT2D eigenvalue weighted by Gasteiger charge is -2.25. The Morgan fingerprint density at radius 1 is 1.54 bits per heavy atom. The van der Waals surface area contributed by atoms with Crippen LogP contribution in [0.5, 0.6) is 0 Å². The molecule has 0 saturated heterocycles. The second kappa shape index (κ2) is 3.69. The molecule has 1 atom stereocenters. The summed E-state index contributed by atoms with van der Waals surface area (Å²) in [6.07, 6.45) is 2.30. The number of hydrogen-bond acceptors (Lipinski definition) is 1. The van der Waals surface area contributed by atoms with Gasteiger partial charge in [-0.2, -0.15) is 0 Å². The maximum atomic E-state index is 6.09. The standard InChI is InChI=1S/C11H14ClN/c1-2-9-6-8-4-3-5-11(12)10(8)7-13-9/h3-5,9,13H,2,6-7H2,1H3. The highest BCUT2D eigenvalue weighted by molar-refractivity contribution is 6.31. The van der Waals surface area contributed by atoms with E-state index in [2.05, 4.69) is 18.3 Å². The van der Waals surface area contributed by atoms with Crippen molar-refractivity contribution in [2.75, 3.05) is 0 Å². The molecule has 1 N–H and O–H groups in total. The predicted molar refractivity (Wildman–Crippen MR) is 56.1 cm³/mol. The average Bonchev–Trinajstić information content (AvgIpc) is 2.18. The number of halogens is 1. The van der Waals surface area contributed by atoms with Gasteiger partial charge in [0.05, 0.1) is 0 Å². The van der Waals surface area contributed by atoms with E-state index < -0.39 is 0 Å². The summed E-state index contributed by atoms with van der Waals surface area (Å²) in [5.41, 5.74) is 2.70. The molecule has 1 heterocycles. The molecule has 1 aliphatic heterocycles. The number of nitrogens with one attached hydrogen (secondary N) is 1. The van der Waals surface area contributed by atoms with Gasteiger partial charge in [0.2, 0.25) is 0 Å². The summed E-state index contributed by atoms with van der Waals surface area (Å²) in [7, 11) is 0. The van der Waals surface area contributed by atoms with E-state index in [1.54, 1.807) is 0 Å². The molecule has 0 radical (unpaired) electrons. The zero-order valence-corrected chi connectivity index (χ0v) is 8.56. The highest BCUT2D eigenvalue weighted by atomic mass is 35.5. The normalized spacial score (nSPS) is 21.2. The van der Waals surface area contributed by atoms with Crippen LogP contribution in [0.4, 0.5) is 0 Å². The van der Waals surface area contributed by atoms with Crippen molar-refractivity contribution >= 4 is 11.6 Å². The fourth-order valence-corrected chi connectivity index (χ4v) is 2.13. The summed E-state index contributed by atoms with van der Waals surface area (Å²) in [5, 5.41) is 4.38. The zero-order chi connectivity index (χ0) is 9.26. The Morgan fingerprint density at radius 3 is 3.15 bits per heavy atom. The van der Waals surface area contributed by atoms with Crippen molar-refractivity contribution in [3.05, 3.63) is 34.3 Å². The summed E-state index contributed by atoms with van der Waals surface area (Å²) in [6.45, 7) is 3.14. The molecular formula is C11H14ClN. The Kier molecular flexibility index (Phi) is 2.56. The van der Waals surface area contributed by atoms with E-state index in [1.165, 1.54) is 17.5 Å². The fraction of sp³-hybridized carbons (Fsp3) is 0.455. The first kappa shape index (κ1) is 9.04. The van der Waals surface area contributed by atoms with Crippen molar-refractivity contribution in [1.82, 2.24) is 5.32 Å². The average molecular weight is 196 g/mol. The molecule has 0 fully saturated rings. The summed E-state index contributed by atoms with van der Waals surface area (Å²) in [4.78, 5) is 0. The van der Waals surface area contributed by atoms with Crippen LogP contribution in [-0.4, -0.2) is 6.04 Å². The maximum absolute atomic E-state index is 6.09. The van der Waals surface area contributed by atoms with Gasteiger partial charge in [0.25, 0.3) is 0 Å². The van der Waals surface area contributed by atoms with Crippen LogP contribution in [0.3, 0.4) is 0 Å². The van der Waals surface area contributed by atoms with Crippen LogP contribution in [0.15, 0.2) is 18.2 Å². The van der Waals surface area contributed by atoms with Crippen molar-refractivity contribution in [3.8, 4) is 0 Å². The zero-order valence-electron chi connectivity index (χ0n) is 7.81. The van der Waals surface area contributed by atoms with Crippen LogP contribution < -0.4 is 5.32 Å². The molecule has 2 heteroatoms. The first-order valence-corrected chi connectivity index (χ1v) is 5.18. The van der Waals surface area contributed by atoms with Crippen molar-refractivity contribution in [2.24, 2.45) is 0 Å². The van der Waals surface area contributed by atoms with Gasteiger partial charge in [-0.25, -0.2) is 0 Å². The molecule has 1 nitrogen and oxygen atoms in total. The second-order valence-corrected chi connectivity index (χ2v) is 3.97. The van der Waals surface area contributed by atoms with E-state index in [0.29, 0.717) is 6.04 Å². The maximum Gasteiger partial charge on any atom is 0.0453 e. The van der Waals surface area contributed by atoms with Crippen LogP contribution in [0.1, 0.15) is 24.5 Å². The van der Waals surface area contributed by atoms with Gasteiger partial charge in [0.1, 0.15) is 0 Å². The quantitative estimate of drug-likeness (QED) is 0.727. The lowest BCUT2D eigenvalue weighted by Crippen LogP contribution is -2.34. The van der Waals surface area contributed by atoms with Crippen molar-refractivity contribution in [1.29, 1.82) is 0 Å². The lowest BCUT2D eigenvalue weighted by molar-refractivity contribution is 0.468. The minimum absolute atomic E-state index is 0.631. The summed E-state index contributed by atoms with van der Waals surface area (Å²) >= 11 is 6.09. The second-order valence-electron chi connectivity index (χ2n) is 3.57. The first-order valence-electron chi connectivity index (χ1n) is 4.81. The van der Waals surface area contributed by atoms with E-state index in [-0.39, 0.29) is 0 Å². The Bertz CT molecular complexity index is 309.